The molecule has 0 amide bonds. The van der Waals surface area contributed by atoms with E-state index in [2.05, 4.69) is 31.0 Å². The Morgan fingerprint density at radius 2 is 2.10 bits per heavy atom. The number of aromatic amines is 1. The number of tetrazole rings is 1. The van der Waals surface area contributed by atoms with Crippen LogP contribution in [-0.4, -0.2) is 30.4 Å². The molecule has 0 aliphatic heterocycles. The van der Waals surface area contributed by atoms with Gasteiger partial charge in [-0.15, -0.1) is 10.2 Å². The van der Waals surface area contributed by atoms with Crippen LogP contribution in [0.3, 0.4) is 0 Å². The van der Waals surface area contributed by atoms with Crippen LogP contribution >= 0.6 is 0 Å². The van der Waals surface area contributed by atoms with Gasteiger partial charge in [-0.2, -0.15) is 10.3 Å². The summed E-state index contributed by atoms with van der Waals surface area (Å²) in [5, 5.41) is 21.7. The molecule has 1 unspecified atom stereocenters. The van der Waals surface area contributed by atoms with Crippen molar-refractivity contribution in [3.8, 4) is 5.69 Å². The number of nitrogens with zero attached hydrogens (tertiary/aromatic N) is 5. The molecule has 102 valence electrons. The second-order valence-corrected chi connectivity index (χ2v) is 4.46. The summed E-state index contributed by atoms with van der Waals surface area (Å²) in [6.45, 7) is 2.63. The molecule has 0 radical (unpaired) electrons. The average Bonchev–Trinajstić information content (AvgIpc) is 3.17. The van der Waals surface area contributed by atoms with Gasteiger partial charge in [0.05, 0.1) is 17.4 Å². The molecule has 2 heterocycles. The standard InChI is InChI=1S/C13H15N7/c1-10(13-15-18-19-16-13)14-9-11-7-8-20(17-11)12-5-3-2-4-6-12/h2-8,10,14H,9H2,1H3,(H,15,16,18,19). The van der Waals surface area contributed by atoms with Gasteiger partial charge in [-0.3, -0.25) is 0 Å². The lowest BCUT2D eigenvalue weighted by molar-refractivity contribution is 0.539. The molecule has 1 atom stereocenters. The van der Waals surface area contributed by atoms with Gasteiger partial charge in [0.1, 0.15) is 0 Å². The highest BCUT2D eigenvalue weighted by molar-refractivity contribution is 5.30. The van der Waals surface area contributed by atoms with E-state index >= 15 is 0 Å². The Balaban J connectivity index is 1.63. The molecule has 20 heavy (non-hydrogen) atoms. The van der Waals surface area contributed by atoms with Gasteiger partial charge in [0.25, 0.3) is 0 Å². The third kappa shape index (κ3) is 2.72. The minimum atomic E-state index is 0.0237. The maximum Gasteiger partial charge on any atom is 0.191 e. The molecule has 0 fully saturated rings. The first-order valence-electron chi connectivity index (χ1n) is 6.39. The summed E-state index contributed by atoms with van der Waals surface area (Å²) in [4.78, 5) is 0. The van der Waals surface area contributed by atoms with E-state index in [1.54, 1.807) is 0 Å². The molecule has 3 aromatic rings. The molecule has 0 aliphatic rings. The molecule has 0 saturated heterocycles. The zero-order valence-electron chi connectivity index (χ0n) is 11.1. The summed E-state index contributed by atoms with van der Waals surface area (Å²) in [5.74, 6) is 0.646. The summed E-state index contributed by atoms with van der Waals surface area (Å²) in [6, 6.07) is 12.0. The number of hydrogen-bond acceptors (Lipinski definition) is 5. The summed E-state index contributed by atoms with van der Waals surface area (Å²) in [6.07, 6.45) is 1.95. The Morgan fingerprint density at radius 1 is 1.25 bits per heavy atom. The topological polar surface area (TPSA) is 84.3 Å². The van der Waals surface area contributed by atoms with Gasteiger partial charge in [-0.1, -0.05) is 23.4 Å². The van der Waals surface area contributed by atoms with E-state index in [0.717, 1.165) is 11.4 Å². The number of hydrogen-bond donors (Lipinski definition) is 2. The van der Waals surface area contributed by atoms with E-state index in [9.17, 15) is 0 Å². The fraction of sp³-hybridized carbons (Fsp3) is 0.231. The van der Waals surface area contributed by atoms with E-state index in [1.165, 1.54) is 0 Å². The van der Waals surface area contributed by atoms with Crippen molar-refractivity contribution in [2.45, 2.75) is 19.5 Å². The molecule has 1 aromatic carbocycles. The summed E-state index contributed by atoms with van der Waals surface area (Å²) in [5.41, 5.74) is 2.01. The highest BCUT2D eigenvalue weighted by atomic mass is 15.5. The summed E-state index contributed by atoms with van der Waals surface area (Å²) < 4.78 is 1.86. The Kier molecular flexibility index (Phi) is 3.51. The zero-order chi connectivity index (χ0) is 13.8. The normalized spacial score (nSPS) is 12.4. The largest absolute Gasteiger partial charge is 0.302 e. The first-order chi connectivity index (χ1) is 9.83. The SMILES string of the molecule is CC(NCc1ccn(-c2ccccc2)n1)c1nn[nH]n1. The Morgan fingerprint density at radius 3 is 2.85 bits per heavy atom. The molecule has 3 rings (SSSR count). The molecular weight excluding hydrogens is 254 g/mol. The van der Waals surface area contributed by atoms with Crippen LogP contribution < -0.4 is 5.32 Å². The highest BCUT2D eigenvalue weighted by Gasteiger charge is 2.10. The molecule has 0 aliphatic carbocycles. The number of aromatic nitrogens is 6. The second kappa shape index (κ2) is 5.62. The average molecular weight is 269 g/mol. The molecule has 7 heteroatoms. The maximum atomic E-state index is 4.52. The number of H-pyrrole nitrogens is 1. The van der Waals surface area contributed by atoms with Crippen molar-refractivity contribution in [2.24, 2.45) is 0 Å². The van der Waals surface area contributed by atoms with Crippen molar-refractivity contribution in [2.75, 3.05) is 0 Å². The monoisotopic (exact) mass is 269 g/mol. The van der Waals surface area contributed by atoms with Crippen molar-refractivity contribution in [1.82, 2.24) is 35.7 Å². The fourth-order valence-electron chi connectivity index (χ4n) is 1.88. The summed E-state index contributed by atoms with van der Waals surface area (Å²) >= 11 is 0. The number of benzene rings is 1. The van der Waals surface area contributed by atoms with Crippen LogP contribution in [0, 0.1) is 0 Å². The van der Waals surface area contributed by atoms with Gasteiger partial charge >= 0.3 is 0 Å². The smallest absolute Gasteiger partial charge is 0.191 e. The van der Waals surface area contributed by atoms with E-state index in [1.807, 2.05) is 54.2 Å². The lowest BCUT2D eigenvalue weighted by Gasteiger charge is -2.07. The second-order valence-electron chi connectivity index (χ2n) is 4.46. The maximum absolute atomic E-state index is 4.52. The molecular formula is C13H15N7. The van der Waals surface area contributed by atoms with Crippen molar-refractivity contribution in [3.63, 3.8) is 0 Å². The first kappa shape index (κ1) is 12.5. The van der Waals surface area contributed by atoms with Gasteiger partial charge in [0.2, 0.25) is 0 Å². The third-order valence-electron chi connectivity index (χ3n) is 3.00. The fourth-order valence-corrected chi connectivity index (χ4v) is 1.88. The third-order valence-corrected chi connectivity index (χ3v) is 3.00. The molecule has 0 spiro atoms. The molecule has 0 saturated carbocycles. The van der Waals surface area contributed by atoms with Crippen LogP contribution in [0.25, 0.3) is 5.69 Å². The van der Waals surface area contributed by atoms with Crippen LogP contribution in [0.5, 0.6) is 0 Å². The Labute approximate surface area is 116 Å². The van der Waals surface area contributed by atoms with Gasteiger partial charge in [-0.25, -0.2) is 4.68 Å². The summed E-state index contributed by atoms with van der Waals surface area (Å²) in [7, 11) is 0. The van der Waals surface area contributed by atoms with Crippen molar-refractivity contribution in [1.29, 1.82) is 0 Å². The van der Waals surface area contributed by atoms with Crippen LogP contribution in [0.2, 0.25) is 0 Å². The van der Waals surface area contributed by atoms with Crippen molar-refractivity contribution in [3.05, 3.63) is 54.1 Å². The van der Waals surface area contributed by atoms with Gasteiger partial charge < -0.3 is 5.32 Å². The molecule has 2 aromatic heterocycles. The minimum absolute atomic E-state index is 0.0237. The van der Waals surface area contributed by atoms with Crippen molar-refractivity contribution < 1.29 is 0 Å². The van der Waals surface area contributed by atoms with Crippen LogP contribution in [0.15, 0.2) is 42.6 Å². The molecule has 0 bridgehead atoms. The quantitative estimate of drug-likeness (QED) is 0.728. The predicted molar refractivity (Wildman–Crippen MR) is 73.0 cm³/mol. The van der Waals surface area contributed by atoms with Crippen molar-refractivity contribution >= 4 is 0 Å². The first-order valence-corrected chi connectivity index (χ1v) is 6.39. The lowest BCUT2D eigenvalue weighted by Crippen LogP contribution is -2.19. The predicted octanol–water partition coefficient (Wildman–Crippen LogP) is 1.24. The lowest BCUT2D eigenvalue weighted by atomic mass is 10.3. The molecule has 2 N–H and O–H groups in total. The van der Waals surface area contributed by atoms with E-state index in [0.29, 0.717) is 12.4 Å². The van der Waals surface area contributed by atoms with Crippen LogP contribution in [0.1, 0.15) is 24.5 Å². The highest BCUT2D eigenvalue weighted by Crippen LogP contribution is 2.08. The Hall–Kier alpha value is -2.54. The minimum Gasteiger partial charge on any atom is -0.302 e. The van der Waals surface area contributed by atoms with Gasteiger partial charge in [-0.05, 0) is 25.1 Å². The molecule has 7 nitrogen and oxygen atoms in total. The van der Waals surface area contributed by atoms with Crippen LogP contribution in [0.4, 0.5) is 0 Å². The zero-order valence-corrected chi connectivity index (χ0v) is 11.1. The van der Waals surface area contributed by atoms with Gasteiger partial charge in [0.15, 0.2) is 5.82 Å². The van der Waals surface area contributed by atoms with E-state index < -0.39 is 0 Å². The Bertz CT molecular complexity index is 644. The number of rotatable bonds is 5. The van der Waals surface area contributed by atoms with Crippen LogP contribution in [-0.2, 0) is 6.54 Å². The number of para-hydroxylation sites is 1. The van der Waals surface area contributed by atoms with Gasteiger partial charge in [0, 0.05) is 12.7 Å². The van der Waals surface area contributed by atoms with E-state index in [4.69, 9.17) is 0 Å². The number of nitrogens with one attached hydrogen (secondary N) is 2. The van der Waals surface area contributed by atoms with E-state index in [-0.39, 0.29) is 6.04 Å².